The number of rotatable bonds is 7. The van der Waals surface area contributed by atoms with E-state index in [4.69, 9.17) is 13.9 Å². The number of nitrogens with zero attached hydrogens (tertiary/aromatic N) is 4. The van der Waals surface area contributed by atoms with E-state index in [9.17, 15) is 4.79 Å². The summed E-state index contributed by atoms with van der Waals surface area (Å²) in [6, 6.07) is 17.7. The van der Waals surface area contributed by atoms with Crippen molar-refractivity contribution >= 4 is 45.0 Å². The molecule has 7 rings (SSSR count). The van der Waals surface area contributed by atoms with E-state index in [1.165, 1.54) is 4.88 Å². The van der Waals surface area contributed by atoms with Crippen molar-refractivity contribution in [1.29, 1.82) is 0 Å². The van der Waals surface area contributed by atoms with Gasteiger partial charge in [-0.15, -0.1) is 11.3 Å². The van der Waals surface area contributed by atoms with Crippen LogP contribution in [0.15, 0.2) is 70.2 Å². The second-order valence-electron chi connectivity index (χ2n) is 10.7. The van der Waals surface area contributed by atoms with Crippen LogP contribution in [0.2, 0.25) is 0 Å². The lowest BCUT2D eigenvalue weighted by Crippen LogP contribution is -2.24. The Labute approximate surface area is 266 Å². The van der Waals surface area contributed by atoms with E-state index in [1.54, 1.807) is 18.3 Å². The molecule has 10 heteroatoms. The number of pyridine rings is 2. The Morgan fingerprint density at radius 3 is 2.18 bits per heavy atom. The van der Waals surface area contributed by atoms with Crippen LogP contribution >= 0.6 is 11.3 Å². The Hall–Kier alpha value is -4.67. The lowest BCUT2D eigenvalue weighted by atomic mass is 10.0. The van der Waals surface area contributed by atoms with Gasteiger partial charge in [0.2, 0.25) is 0 Å². The highest BCUT2D eigenvalue weighted by molar-refractivity contribution is 7.15. The van der Waals surface area contributed by atoms with Crippen molar-refractivity contribution in [3.63, 3.8) is 0 Å². The molecule has 1 amide bonds. The molecule has 5 heterocycles. The van der Waals surface area contributed by atoms with Crippen molar-refractivity contribution in [3.05, 3.63) is 99.8 Å². The molecule has 6 aromatic rings. The van der Waals surface area contributed by atoms with Crippen molar-refractivity contribution in [2.45, 2.75) is 66.9 Å². The summed E-state index contributed by atoms with van der Waals surface area (Å²) in [4.78, 5) is 29.4. The Morgan fingerprint density at radius 2 is 1.58 bits per heavy atom. The zero-order valence-electron chi connectivity index (χ0n) is 26.4. The number of fused-ring (bicyclic) bond motifs is 2. The molecule has 9 nitrogen and oxygen atoms in total. The molecule has 0 aliphatic heterocycles. The molecule has 5 aromatic heterocycles. The normalized spacial score (nSPS) is 12.3. The van der Waals surface area contributed by atoms with E-state index in [2.05, 4.69) is 57.5 Å². The largest absolute Gasteiger partial charge is 0.336 e. The zero-order chi connectivity index (χ0) is 32.1. The minimum absolute atomic E-state index is 0.304. The van der Waals surface area contributed by atoms with Crippen molar-refractivity contribution in [2.24, 2.45) is 0 Å². The predicted molar refractivity (Wildman–Crippen MR) is 178 cm³/mol. The fourth-order valence-corrected chi connectivity index (χ4v) is 5.65. The number of hydrogen-bond donors (Lipinski definition) is 1. The summed E-state index contributed by atoms with van der Waals surface area (Å²) in [6.07, 6.45) is 2.19. The van der Waals surface area contributed by atoms with Crippen LogP contribution in [0, 0.1) is 20.8 Å². The van der Waals surface area contributed by atoms with Crippen molar-refractivity contribution < 1.29 is 18.7 Å². The van der Waals surface area contributed by atoms with Crippen molar-refractivity contribution in [1.82, 2.24) is 25.8 Å². The number of carbonyl (C=O) groups is 1. The van der Waals surface area contributed by atoms with Crippen LogP contribution in [0.3, 0.4) is 0 Å². The van der Waals surface area contributed by atoms with Crippen LogP contribution in [0.25, 0.3) is 38.3 Å². The minimum Gasteiger partial charge on any atom is -0.336 e. The summed E-state index contributed by atoms with van der Waals surface area (Å²) < 4.78 is 10.6. The smallest absolute Gasteiger partial charge is 0.275 e. The average Bonchev–Trinajstić information content (AvgIpc) is 3.56. The standard InChI is InChI=1S/C18H17N3O3.C15H14N2OS.C2H6/c1-11-16-14(9-15(13-7-8-13)19-18(16)24-20-11)17(22)21-23-10-12-5-3-2-4-6-12;1-8(2)11-7-12(13-6-5-9(3)19-13)16-15-14(11)10(4)17-18-15;1-2/h2-6,9,13H,7-8,10H2,1H3,(H,21,22);5-7H,1H2,2-4H3;1-2H3. The second-order valence-corrected chi connectivity index (χ2v) is 12.0. The first-order chi connectivity index (χ1) is 21.8. The number of nitrogens with one attached hydrogen (secondary N) is 1. The molecule has 1 aliphatic rings. The second kappa shape index (κ2) is 14.0. The topological polar surface area (TPSA) is 116 Å². The molecule has 0 radical (unpaired) electrons. The van der Waals surface area contributed by atoms with Crippen LogP contribution in [0.1, 0.15) is 83.0 Å². The van der Waals surface area contributed by atoms with Gasteiger partial charge in [0, 0.05) is 16.5 Å². The van der Waals surface area contributed by atoms with Gasteiger partial charge in [0.15, 0.2) is 0 Å². The number of benzene rings is 1. The van der Waals surface area contributed by atoms with E-state index in [-0.39, 0.29) is 5.91 Å². The maximum absolute atomic E-state index is 12.6. The highest BCUT2D eigenvalue weighted by Gasteiger charge is 2.28. The third-order valence-corrected chi connectivity index (χ3v) is 8.22. The predicted octanol–water partition coefficient (Wildman–Crippen LogP) is 8.90. The molecule has 1 saturated carbocycles. The van der Waals surface area contributed by atoms with Crippen LogP contribution in [0.4, 0.5) is 0 Å². The highest BCUT2D eigenvalue weighted by Crippen LogP contribution is 2.40. The number of carbonyl (C=O) groups excluding carboxylic acids is 1. The Morgan fingerprint density at radius 1 is 0.933 bits per heavy atom. The molecule has 0 atom stereocenters. The minimum atomic E-state index is -0.313. The van der Waals surface area contributed by atoms with Gasteiger partial charge < -0.3 is 9.05 Å². The fraction of sp³-hybridized carbons (Fsp3) is 0.286. The van der Waals surface area contributed by atoms with Gasteiger partial charge in [-0.3, -0.25) is 9.63 Å². The lowest BCUT2D eigenvalue weighted by Gasteiger charge is -2.08. The maximum atomic E-state index is 12.6. The van der Waals surface area contributed by atoms with Crippen LogP contribution < -0.4 is 5.48 Å². The highest BCUT2D eigenvalue weighted by atomic mass is 32.1. The third kappa shape index (κ3) is 7.19. The van der Waals surface area contributed by atoms with E-state index >= 15 is 0 Å². The molecule has 0 bridgehead atoms. The summed E-state index contributed by atoms with van der Waals surface area (Å²) in [5.41, 5.74) is 10.3. The summed E-state index contributed by atoms with van der Waals surface area (Å²) >= 11 is 1.72. The van der Waals surface area contributed by atoms with Crippen LogP contribution in [-0.4, -0.2) is 26.2 Å². The molecule has 1 aromatic carbocycles. The first-order valence-corrected chi connectivity index (χ1v) is 15.8. The Kier molecular flexibility index (Phi) is 9.85. The summed E-state index contributed by atoms with van der Waals surface area (Å²) in [5.74, 6) is 0.100. The quantitative estimate of drug-likeness (QED) is 0.175. The molecule has 1 fully saturated rings. The van der Waals surface area contributed by atoms with Crippen molar-refractivity contribution in [2.75, 3.05) is 0 Å². The number of allylic oxidation sites excluding steroid dienone is 1. The molecule has 0 saturated heterocycles. The van der Waals surface area contributed by atoms with Gasteiger partial charge in [0.25, 0.3) is 17.3 Å². The molecular weight excluding hydrogens is 586 g/mol. The summed E-state index contributed by atoms with van der Waals surface area (Å²) in [7, 11) is 0. The molecule has 45 heavy (non-hydrogen) atoms. The lowest BCUT2D eigenvalue weighted by molar-refractivity contribution is 0.0235. The molecule has 0 unspecified atom stereocenters. The van der Waals surface area contributed by atoms with Crippen LogP contribution in [0.5, 0.6) is 0 Å². The first kappa shape index (κ1) is 31.7. The average molecular weight is 624 g/mol. The van der Waals surface area contributed by atoms with Gasteiger partial charge in [-0.1, -0.05) is 66.6 Å². The van der Waals surface area contributed by atoms with Gasteiger partial charge in [-0.2, -0.15) is 0 Å². The van der Waals surface area contributed by atoms with Gasteiger partial charge in [-0.25, -0.2) is 15.4 Å². The number of amides is 1. The number of hydroxylamine groups is 1. The number of hydrogen-bond acceptors (Lipinski definition) is 9. The third-order valence-electron chi connectivity index (χ3n) is 7.19. The summed E-state index contributed by atoms with van der Waals surface area (Å²) in [6.45, 7) is 16.1. The van der Waals surface area contributed by atoms with Gasteiger partial charge >= 0.3 is 0 Å². The molecule has 232 valence electrons. The Bertz CT molecular complexity index is 1950. The van der Waals surface area contributed by atoms with Crippen molar-refractivity contribution in [3.8, 4) is 10.6 Å². The molecule has 0 spiro atoms. The van der Waals surface area contributed by atoms with Gasteiger partial charge in [0.05, 0.1) is 44.9 Å². The fourth-order valence-electron chi connectivity index (χ4n) is 4.82. The van der Waals surface area contributed by atoms with Gasteiger partial charge in [-0.05, 0) is 75.9 Å². The van der Waals surface area contributed by atoms with Crippen LogP contribution in [-0.2, 0) is 11.4 Å². The maximum Gasteiger partial charge on any atom is 0.275 e. The first-order valence-electron chi connectivity index (χ1n) is 15.0. The van der Waals surface area contributed by atoms with E-state index < -0.39 is 0 Å². The number of thiophene rings is 1. The molecule has 1 N–H and O–H groups in total. The molecule has 1 aliphatic carbocycles. The van der Waals surface area contributed by atoms with E-state index in [0.717, 1.165) is 56.9 Å². The van der Waals surface area contributed by atoms with E-state index in [0.29, 0.717) is 40.6 Å². The zero-order valence-corrected chi connectivity index (χ0v) is 27.2. The SMILES string of the molecule is C=C(C)c1cc(-c2ccc(C)s2)nc2onc(C)c12.CC.Cc1noc2nc(C3CC3)cc(C(=O)NOCc3ccccc3)c12. The monoisotopic (exact) mass is 623 g/mol. The summed E-state index contributed by atoms with van der Waals surface area (Å²) in [5, 5.41) is 9.53. The molecular formula is C35H37N5O4S. The van der Waals surface area contributed by atoms with E-state index in [1.807, 2.05) is 64.1 Å². The number of aromatic nitrogens is 4. The van der Waals surface area contributed by atoms with Gasteiger partial charge in [0.1, 0.15) is 0 Å². The number of aryl methyl sites for hydroxylation is 3. The Balaban J connectivity index is 0.000000173.